The van der Waals surface area contributed by atoms with Crippen LogP contribution in [0.1, 0.15) is 35.7 Å². The average Bonchev–Trinajstić information content (AvgIpc) is 2.38. The molecule has 0 unspecified atom stereocenters. The molecular formula is C14H19NO3. The number of ether oxygens (including phenoxy) is 1. The van der Waals surface area contributed by atoms with E-state index in [1.807, 2.05) is 12.1 Å². The molecule has 1 saturated heterocycles. The Morgan fingerprint density at radius 1 is 1.33 bits per heavy atom. The molecule has 1 aliphatic heterocycles. The highest BCUT2D eigenvalue weighted by Gasteiger charge is 2.26. The van der Waals surface area contributed by atoms with Gasteiger partial charge in [0.2, 0.25) is 0 Å². The van der Waals surface area contributed by atoms with Crippen molar-refractivity contribution in [1.82, 2.24) is 5.32 Å². The summed E-state index contributed by atoms with van der Waals surface area (Å²) in [4.78, 5) is 10.7. The van der Waals surface area contributed by atoms with Crippen LogP contribution in [0.15, 0.2) is 24.3 Å². The van der Waals surface area contributed by atoms with Gasteiger partial charge < -0.3 is 15.2 Å². The highest BCUT2D eigenvalue weighted by Crippen LogP contribution is 2.20. The van der Waals surface area contributed by atoms with Gasteiger partial charge in [0, 0.05) is 25.3 Å². The SMILES string of the molecule is CC1(NCc2ccc(C(=O)O)cc2)CCOCC1. The topological polar surface area (TPSA) is 58.6 Å². The van der Waals surface area contributed by atoms with Gasteiger partial charge in [0.25, 0.3) is 0 Å². The zero-order valence-corrected chi connectivity index (χ0v) is 10.6. The second-order valence-corrected chi connectivity index (χ2v) is 5.03. The van der Waals surface area contributed by atoms with Crippen LogP contribution in [0.2, 0.25) is 0 Å². The zero-order chi connectivity index (χ0) is 13.0. The number of carboxylic acids is 1. The normalized spacial score (nSPS) is 18.5. The van der Waals surface area contributed by atoms with E-state index in [1.54, 1.807) is 12.1 Å². The molecular weight excluding hydrogens is 230 g/mol. The van der Waals surface area contributed by atoms with Gasteiger partial charge >= 0.3 is 5.97 Å². The molecule has 0 radical (unpaired) electrons. The van der Waals surface area contributed by atoms with E-state index >= 15 is 0 Å². The van der Waals surface area contributed by atoms with Crippen LogP contribution in [-0.2, 0) is 11.3 Å². The van der Waals surface area contributed by atoms with Gasteiger partial charge in [-0.05, 0) is 37.5 Å². The Kier molecular flexibility index (Phi) is 3.99. The fourth-order valence-corrected chi connectivity index (χ4v) is 2.08. The van der Waals surface area contributed by atoms with Gasteiger partial charge in [0.1, 0.15) is 0 Å². The number of benzene rings is 1. The van der Waals surface area contributed by atoms with Crippen molar-refractivity contribution in [3.8, 4) is 0 Å². The van der Waals surface area contributed by atoms with E-state index in [0.29, 0.717) is 5.56 Å². The Bertz CT molecular complexity index is 408. The largest absolute Gasteiger partial charge is 0.478 e. The molecule has 0 bridgehead atoms. The summed E-state index contributed by atoms with van der Waals surface area (Å²) in [6.07, 6.45) is 2.03. The van der Waals surface area contributed by atoms with Gasteiger partial charge in [-0.15, -0.1) is 0 Å². The summed E-state index contributed by atoms with van der Waals surface area (Å²) in [7, 11) is 0. The predicted molar refractivity (Wildman–Crippen MR) is 68.7 cm³/mol. The second kappa shape index (κ2) is 5.50. The van der Waals surface area contributed by atoms with Crippen molar-refractivity contribution in [2.75, 3.05) is 13.2 Å². The predicted octanol–water partition coefficient (Wildman–Crippen LogP) is 2.04. The number of hydrogen-bond donors (Lipinski definition) is 2. The average molecular weight is 249 g/mol. The molecule has 1 aromatic rings. The summed E-state index contributed by atoms with van der Waals surface area (Å²) in [6, 6.07) is 7.01. The summed E-state index contributed by atoms with van der Waals surface area (Å²) in [5.74, 6) is -0.883. The minimum Gasteiger partial charge on any atom is -0.478 e. The van der Waals surface area contributed by atoms with Gasteiger partial charge in [0.05, 0.1) is 5.56 Å². The lowest BCUT2D eigenvalue weighted by Crippen LogP contribution is -2.46. The lowest BCUT2D eigenvalue weighted by molar-refractivity contribution is 0.0446. The van der Waals surface area contributed by atoms with Crippen LogP contribution in [0.3, 0.4) is 0 Å². The lowest BCUT2D eigenvalue weighted by atomic mass is 9.92. The first kappa shape index (κ1) is 13.1. The Labute approximate surface area is 107 Å². The monoisotopic (exact) mass is 249 g/mol. The molecule has 2 N–H and O–H groups in total. The highest BCUT2D eigenvalue weighted by molar-refractivity contribution is 5.87. The van der Waals surface area contributed by atoms with Gasteiger partial charge in [-0.1, -0.05) is 12.1 Å². The smallest absolute Gasteiger partial charge is 0.335 e. The molecule has 1 fully saturated rings. The van der Waals surface area contributed by atoms with Crippen LogP contribution in [0, 0.1) is 0 Å². The summed E-state index contributed by atoms with van der Waals surface area (Å²) in [6.45, 7) is 4.58. The van der Waals surface area contributed by atoms with Gasteiger partial charge in [0.15, 0.2) is 0 Å². The van der Waals surface area contributed by atoms with E-state index in [9.17, 15) is 4.79 Å². The van der Waals surface area contributed by atoms with Gasteiger partial charge in [-0.25, -0.2) is 4.79 Å². The molecule has 0 atom stereocenters. The fraction of sp³-hybridized carbons (Fsp3) is 0.500. The fourth-order valence-electron chi connectivity index (χ4n) is 2.08. The van der Waals surface area contributed by atoms with Crippen LogP contribution >= 0.6 is 0 Å². The van der Waals surface area contributed by atoms with Crippen LogP contribution in [0.4, 0.5) is 0 Å². The van der Waals surface area contributed by atoms with Crippen molar-refractivity contribution in [2.45, 2.75) is 31.8 Å². The third kappa shape index (κ3) is 3.31. The number of carboxylic acid groups (broad SMARTS) is 1. The molecule has 2 rings (SSSR count). The van der Waals surface area contributed by atoms with Crippen molar-refractivity contribution in [3.05, 3.63) is 35.4 Å². The summed E-state index contributed by atoms with van der Waals surface area (Å²) >= 11 is 0. The van der Waals surface area contributed by atoms with Crippen molar-refractivity contribution < 1.29 is 14.6 Å². The molecule has 0 aromatic heterocycles. The third-order valence-electron chi connectivity index (χ3n) is 3.52. The third-order valence-corrected chi connectivity index (χ3v) is 3.52. The summed E-state index contributed by atoms with van der Waals surface area (Å²) < 4.78 is 5.35. The van der Waals surface area contributed by atoms with E-state index in [0.717, 1.165) is 38.2 Å². The Morgan fingerprint density at radius 3 is 2.50 bits per heavy atom. The van der Waals surface area contributed by atoms with Crippen LogP contribution in [-0.4, -0.2) is 29.8 Å². The van der Waals surface area contributed by atoms with E-state index in [-0.39, 0.29) is 5.54 Å². The standard InChI is InChI=1S/C14H19NO3/c1-14(6-8-18-9-7-14)15-10-11-2-4-12(5-3-11)13(16)17/h2-5,15H,6-10H2,1H3,(H,16,17). The molecule has 4 nitrogen and oxygen atoms in total. The van der Waals surface area contributed by atoms with Crippen molar-refractivity contribution in [1.29, 1.82) is 0 Å². The Morgan fingerprint density at radius 2 is 1.94 bits per heavy atom. The maximum Gasteiger partial charge on any atom is 0.335 e. The Balaban J connectivity index is 1.91. The lowest BCUT2D eigenvalue weighted by Gasteiger charge is -2.34. The Hall–Kier alpha value is -1.39. The second-order valence-electron chi connectivity index (χ2n) is 5.03. The molecule has 98 valence electrons. The van der Waals surface area contributed by atoms with E-state index in [4.69, 9.17) is 9.84 Å². The molecule has 0 spiro atoms. The maximum absolute atomic E-state index is 10.7. The van der Waals surface area contributed by atoms with Crippen LogP contribution < -0.4 is 5.32 Å². The van der Waals surface area contributed by atoms with E-state index in [2.05, 4.69) is 12.2 Å². The zero-order valence-electron chi connectivity index (χ0n) is 10.6. The molecule has 0 saturated carbocycles. The van der Waals surface area contributed by atoms with Crippen molar-refractivity contribution >= 4 is 5.97 Å². The molecule has 18 heavy (non-hydrogen) atoms. The minimum atomic E-state index is -0.883. The molecule has 1 aromatic carbocycles. The molecule has 1 aliphatic rings. The number of carbonyl (C=O) groups is 1. The molecule has 0 aliphatic carbocycles. The first-order valence-electron chi connectivity index (χ1n) is 6.24. The van der Waals surface area contributed by atoms with Crippen molar-refractivity contribution in [2.24, 2.45) is 0 Å². The van der Waals surface area contributed by atoms with E-state index < -0.39 is 5.97 Å². The number of hydrogen-bond acceptors (Lipinski definition) is 3. The molecule has 0 amide bonds. The van der Waals surface area contributed by atoms with Crippen molar-refractivity contribution in [3.63, 3.8) is 0 Å². The van der Waals surface area contributed by atoms with E-state index in [1.165, 1.54) is 0 Å². The first-order valence-corrected chi connectivity index (χ1v) is 6.24. The number of aromatic carboxylic acids is 1. The number of nitrogens with one attached hydrogen (secondary N) is 1. The van der Waals surface area contributed by atoms with Crippen LogP contribution in [0.5, 0.6) is 0 Å². The highest BCUT2D eigenvalue weighted by atomic mass is 16.5. The van der Waals surface area contributed by atoms with Gasteiger partial charge in [-0.2, -0.15) is 0 Å². The summed E-state index contributed by atoms with van der Waals surface area (Å²) in [5.41, 5.74) is 1.56. The molecule has 1 heterocycles. The minimum absolute atomic E-state index is 0.129. The molecule has 4 heteroatoms. The first-order chi connectivity index (χ1) is 8.59. The maximum atomic E-state index is 10.7. The number of rotatable bonds is 4. The summed E-state index contributed by atoms with van der Waals surface area (Å²) in [5, 5.41) is 12.4. The quantitative estimate of drug-likeness (QED) is 0.857. The van der Waals surface area contributed by atoms with Gasteiger partial charge in [-0.3, -0.25) is 0 Å². The van der Waals surface area contributed by atoms with Crippen LogP contribution in [0.25, 0.3) is 0 Å².